The van der Waals surface area contributed by atoms with Crippen LogP contribution in [-0.4, -0.2) is 47.6 Å². The minimum atomic E-state index is -0.430. The number of pyridine rings is 1. The molecule has 5 nitrogen and oxygen atoms in total. The summed E-state index contributed by atoms with van der Waals surface area (Å²) >= 11 is 0. The van der Waals surface area contributed by atoms with Crippen molar-refractivity contribution >= 4 is 0 Å². The first-order valence-corrected chi connectivity index (χ1v) is 8.67. The Bertz CT molecular complexity index is 605. The molecule has 2 N–H and O–H groups in total. The number of piperidine rings is 1. The number of quaternary nitrogens is 1. The van der Waals surface area contributed by atoms with E-state index in [1.54, 1.807) is 6.07 Å². The van der Waals surface area contributed by atoms with E-state index in [0.29, 0.717) is 18.4 Å². The number of rotatable bonds is 4. The van der Waals surface area contributed by atoms with Gasteiger partial charge in [-0.3, -0.25) is 4.79 Å². The molecule has 0 saturated carbocycles. The topological polar surface area (TPSA) is 55.9 Å². The molecular formula is C18H29N2O3+. The average Bonchev–Trinajstić information content (AvgIpc) is 2.46. The quantitative estimate of drug-likeness (QED) is 0.822. The predicted molar refractivity (Wildman–Crippen MR) is 88.8 cm³/mol. The highest BCUT2D eigenvalue weighted by atomic mass is 16.5. The molecule has 3 rings (SSSR count). The molecule has 23 heavy (non-hydrogen) atoms. The maximum atomic E-state index is 12.0. The van der Waals surface area contributed by atoms with Gasteiger partial charge in [0.25, 0.3) is 5.56 Å². The maximum absolute atomic E-state index is 12.0. The number of likely N-dealkylation sites (tertiary alicyclic amines) is 1. The van der Waals surface area contributed by atoms with Gasteiger partial charge in [-0.25, -0.2) is 0 Å². The first-order valence-electron chi connectivity index (χ1n) is 8.67. The summed E-state index contributed by atoms with van der Waals surface area (Å²) in [4.78, 5) is 13.5. The van der Waals surface area contributed by atoms with Crippen LogP contribution in [0.2, 0.25) is 0 Å². The molecule has 1 unspecified atom stereocenters. The van der Waals surface area contributed by atoms with Crippen LogP contribution in [0, 0.1) is 5.92 Å². The largest absolute Gasteiger partial charge is 0.385 e. The minimum Gasteiger partial charge on any atom is -0.385 e. The first kappa shape index (κ1) is 16.7. The molecule has 4 atom stereocenters. The molecule has 0 aromatic carbocycles. The Balaban J connectivity index is 1.63. The Morgan fingerprint density at radius 2 is 2.17 bits per heavy atom. The van der Waals surface area contributed by atoms with Gasteiger partial charge in [0.15, 0.2) is 0 Å². The van der Waals surface area contributed by atoms with Gasteiger partial charge in [0.2, 0.25) is 0 Å². The molecule has 2 aliphatic rings. The molecule has 1 saturated heterocycles. The fourth-order valence-electron chi connectivity index (χ4n) is 4.02. The molecule has 1 aromatic rings. The van der Waals surface area contributed by atoms with Crippen molar-refractivity contribution < 1.29 is 14.7 Å². The molecule has 3 heterocycles. The summed E-state index contributed by atoms with van der Waals surface area (Å²) in [5.74, 6) is 0.967. The van der Waals surface area contributed by atoms with E-state index < -0.39 is 6.10 Å². The second kappa shape index (κ2) is 6.38. The second-order valence-electron chi connectivity index (χ2n) is 8.14. The van der Waals surface area contributed by atoms with Crippen molar-refractivity contribution in [3.63, 3.8) is 0 Å². The van der Waals surface area contributed by atoms with E-state index in [9.17, 15) is 9.90 Å². The van der Waals surface area contributed by atoms with Gasteiger partial charge in [0.05, 0.1) is 25.3 Å². The zero-order chi connectivity index (χ0) is 16.6. The normalized spacial score (nSPS) is 28.3. The minimum absolute atomic E-state index is 0.124. The van der Waals surface area contributed by atoms with Crippen LogP contribution in [0.1, 0.15) is 38.8 Å². The van der Waals surface area contributed by atoms with Crippen LogP contribution in [0.25, 0.3) is 0 Å². The first-order chi connectivity index (χ1) is 10.8. The average molecular weight is 321 g/mol. The fourth-order valence-corrected chi connectivity index (χ4v) is 4.02. The second-order valence-corrected chi connectivity index (χ2v) is 8.14. The standard InChI is InChI=1S/C18H28N2O3/c1-18(2,3)23-12-15(21)11-19-8-13-7-14(10-19)16-5-4-6-17(22)20(16)9-13/h4-6,13-15,21H,7-12H2,1-3H3/p+1/t13-,14+,15-/m0/s1. The zero-order valence-electron chi connectivity index (χ0n) is 14.4. The monoisotopic (exact) mass is 321 g/mol. The van der Waals surface area contributed by atoms with Gasteiger partial charge in [0, 0.05) is 30.1 Å². The molecule has 0 aliphatic carbocycles. The van der Waals surface area contributed by atoms with Crippen LogP contribution in [0.4, 0.5) is 0 Å². The highest BCUT2D eigenvalue weighted by Gasteiger charge is 2.37. The van der Waals surface area contributed by atoms with Crippen LogP contribution in [0.15, 0.2) is 23.0 Å². The Morgan fingerprint density at radius 3 is 2.91 bits per heavy atom. The van der Waals surface area contributed by atoms with Gasteiger partial charge in [-0.2, -0.15) is 0 Å². The lowest BCUT2D eigenvalue weighted by atomic mass is 9.83. The van der Waals surface area contributed by atoms with E-state index in [4.69, 9.17) is 4.74 Å². The summed E-state index contributed by atoms with van der Waals surface area (Å²) in [6, 6.07) is 5.61. The molecule has 1 aromatic heterocycles. The summed E-state index contributed by atoms with van der Waals surface area (Å²) in [5.41, 5.74) is 1.08. The molecule has 0 radical (unpaired) electrons. The highest BCUT2D eigenvalue weighted by Crippen LogP contribution is 2.29. The lowest BCUT2D eigenvalue weighted by Crippen LogP contribution is -3.15. The Labute approximate surface area is 137 Å². The van der Waals surface area contributed by atoms with Gasteiger partial charge < -0.3 is 19.3 Å². The fraction of sp³-hybridized carbons (Fsp3) is 0.722. The third-order valence-electron chi connectivity index (χ3n) is 4.91. The van der Waals surface area contributed by atoms with E-state index >= 15 is 0 Å². The van der Waals surface area contributed by atoms with Crippen molar-refractivity contribution in [2.75, 3.05) is 26.2 Å². The predicted octanol–water partition coefficient (Wildman–Crippen LogP) is 0.0263. The van der Waals surface area contributed by atoms with E-state index in [1.165, 1.54) is 17.0 Å². The summed E-state index contributed by atoms with van der Waals surface area (Å²) in [6.07, 6.45) is 0.739. The Morgan fingerprint density at radius 1 is 1.39 bits per heavy atom. The number of hydrogen-bond acceptors (Lipinski definition) is 3. The number of ether oxygens (including phenoxy) is 1. The number of fused-ring (bicyclic) bond motifs is 4. The number of hydrogen-bond donors (Lipinski definition) is 2. The summed E-state index contributed by atoms with van der Waals surface area (Å²) < 4.78 is 7.64. The van der Waals surface area contributed by atoms with Gasteiger partial charge >= 0.3 is 0 Å². The van der Waals surface area contributed by atoms with E-state index in [-0.39, 0.29) is 11.2 Å². The molecular weight excluding hydrogens is 292 g/mol. The Hall–Kier alpha value is -1.17. The van der Waals surface area contributed by atoms with Crippen molar-refractivity contribution in [3.05, 3.63) is 34.2 Å². The number of nitrogens with zero attached hydrogens (tertiary/aromatic N) is 1. The molecule has 128 valence electrons. The molecule has 1 fully saturated rings. The summed E-state index contributed by atoms with van der Waals surface area (Å²) in [7, 11) is 0. The van der Waals surface area contributed by atoms with Crippen molar-refractivity contribution in [2.24, 2.45) is 5.92 Å². The van der Waals surface area contributed by atoms with E-state index in [1.807, 2.05) is 31.4 Å². The van der Waals surface area contributed by atoms with Crippen LogP contribution in [-0.2, 0) is 11.3 Å². The third-order valence-corrected chi connectivity index (χ3v) is 4.91. The summed E-state index contributed by atoms with van der Waals surface area (Å²) in [5, 5.41) is 10.3. The van der Waals surface area contributed by atoms with Crippen molar-refractivity contribution in [3.8, 4) is 0 Å². The van der Waals surface area contributed by atoms with E-state index in [0.717, 1.165) is 26.2 Å². The number of aliphatic hydroxyl groups is 1. The van der Waals surface area contributed by atoms with Crippen molar-refractivity contribution in [1.82, 2.24) is 4.57 Å². The van der Waals surface area contributed by atoms with Crippen LogP contribution in [0.5, 0.6) is 0 Å². The Kier molecular flexibility index (Phi) is 4.63. The zero-order valence-corrected chi connectivity index (χ0v) is 14.4. The van der Waals surface area contributed by atoms with Crippen molar-refractivity contribution in [2.45, 2.75) is 51.4 Å². The lowest BCUT2D eigenvalue weighted by Gasteiger charge is -2.41. The molecule has 2 aliphatic heterocycles. The third kappa shape index (κ3) is 4.03. The molecule has 0 spiro atoms. The lowest BCUT2D eigenvalue weighted by molar-refractivity contribution is -0.914. The number of nitrogens with one attached hydrogen (secondary N) is 1. The molecule has 2 bridgehead atoms. The maximum Gasteiger partial charge on any atom is 0.250 e. The van der Waals surface area contributed by atoms with Gasteiger partial charge in [-0.1, -0.05) is 6.07 Å². The van der Waals surface area contributed by atoms with E-state index in [2.05, 4.69) is 6.07 Å². The SMILES string of the molecule is CC(C)(C)OC[C@@H](O)C[NH+]1C[C@@H]2C[C@H](C1)c1cccc(=O)n1C2. The smallest absolute Gasteiger partial charge is 0.250 e. The van der Waals surface area contributed by atoms with Gasteiger partial charge in [-0.05, 0) is 33.3 Å². The van der Waals surface area contributed by atoms with Gasteiger partial charge in [-0.15, -0.1) is 0 Å². The van der Waals surface area contributed by atoms with Crippen molar-refractivity contribution in [1.29, 1.82) is 0 Å². The number of aromatic nitrogens is 1. The summed E-state index contributed by atoms with van der Waals surface area (Å²) in [6.45, 7) is 9.98. The van der Waals surface area contributed by atoms with Gasteiger partial charge in [0.1, 0.15) is 12.6 Å². The molecule has 0 amide bonds. The van der Waals surface area contributed by atoms with Crippen LogP contribution >= 0.6 is 0 Å². The highest BCUT2D eigenvalue weighted by molar-refractivity contribution is 5.15. The number of aliphatic hydroxyl groups excluding tert-OH is 1. The van der Waals surface area contributed by atoms with Crippen LogP contribution in [0.3, 0.4) is 0 Å². The van der Waals surface area contributed by atoms with Crippen LogP contribution < -0.4 is 10.5 Å². The molecule has 5 heteroatoms.